The van der Waals surface area contributed by atoms with E-state index in [1.807, 2.05) is 0 Å². The highest BCUT2D eigenvalue weighted by molar-refractivity contribution is 4.91. The van der Waals surface area contributed by atoms with Gasteiger partial charge in [0.25, 0.3) is 0 Å². The lowest BCUT2D eigenvalue weighted by Gasteiger charge is -2.46. The molecule has 0 spiro atoms. The summed E-state index contributed by atoms with van der Waals surface area (Å²) in [5.74, 6) is 5.44. The van der Waals surface area contributed by atoms with Gasteiger partial charge in [-0.2, -0.15) is 0 Å². The van der Waals surface area contributed by atoms with Crippen LogP contribution < -0.4 is 11.3 Å². The molecule has 2 heterocycles. The van der Waals surface area contributed by atoms with Crippen LogP contribution in [0.5, 0.6) is 0 Å². The van der Waals surface area contributed by atoms with Crippen LogP contribution in [0.25, 0.3) is 0 Å². The molecule has 2 rings (SSSR count). The molecule has 0 aromatic carbocycles. The normalized spacial score (nSPS) is 43.0. The SMILES string of the molecule is CN1C2COCC1CC(NN)C2. The first kappa shape index (κ1) is 8.44. The Morgan fingerprint density at radius 3 is 2.42 bits per heavy atom. The number of rotatable bonds is 1. The van der Waals surface area contributed by atoms with E-state index in [1.54, 1.807) is 0 Å². The Morgan fingerprint density at radius 2 is 1.92 bits per heavy atom. The summed E-state index contributed by atoms with van der Waals surface area (Å²) in [5.41, 5.74) is 2.87. The van der Waals surface area contributed by atoms with E-state index in [9.17, 15) is 0 Å². The molecule has 70 valence electrons. The average molecular weight is 171 g/mol. The van der Waals surface area contributed by atoms with Crippen LogP contribution in [0.4, 0.5) is 0 Å². The second kappa shape index (κ2) is 3.30. The minimum absolute atomic E-state index is 0.486. The van der Waals surface area contributed by atoms with Crippen LogP contribution >= 0.6 is 0 Å². The predicted molar refractivity (Wildman–Crippen MR) is 46.5 cm³/mol. The Kier molecular flexibility index (Phi) is 2.32. The molecule has 0 aliphatic carbocycles. The van der Waals surface area contributed by atoms with Crippen molar-refractivity contribution in [3.8, 4) is 0 Å². The van der Waals surface area contributed by atoms with Crippen molar-refractivity contribution in [1.82, 2.24) is 10.3 Å². The number of nitrogens with two attached hydrogens (primary N) is 1. The molecule has 2 bridgehead atoms. The second-order valence-corrected chi connectivity index (χ2v) is 3.85. The highest BCUT2D eigenvalue weighted by atomic mass is 16.5. The zero-order chi connectivity index (χ0) is 8.55. The van der Waals surface area contributed by atoms with Gasteiger partial charge < -0.3 is 4.74 Å². The smallest absolute Gasteiger partial charge is 0.0623 e. The Labute approximate surface area is 73.0 Å². The molecule has 2 unspecified atom stereocenters. The molecule has 0 saturated carbocycles. The van der Waals surface area contributed by atoms with Crippen LogP contribution in [0.2, 0.25) is 0 Å². The summed E-state index contributed by atoms with van der Waals surface area (Å²) in [7, 11) is 2.19. The number of piperidine rings is 1. The van der Waals surface area contributed by atoms with Gasteiger partial charge in [-0.3, -0.25) is 16.2 Å². The van der Waals surface area contributed by atoms with Gasteiger partial charge in [-0.25, -0.2) is 0 Å². The van der Waals surface area contributed by atoms with Gasteiger partial charge >= 0.3 is 0 Å². The van der Waals surface area contributed by atoms with E-state index in [0.29, 0.717) is 18.1 Å². The van der Waals surface area contributed by atoms with Crippen molar-refractivity contribution in [2.75, 3.05) is 20.3 Å². The number of nitrogens with one attached hydrogen (secondary N) is 1. The predicted octanol–water partition coefficient (Wildman–Crippen LogP) is -0.689. The van der Waals surface area contributed by atoms with Crippen molar-refractivity contribution in [2.45, 2.75) is 31.0 Å². The zero-order valence-electron chi connectivity index (χ0n) is 7.49. The van der Waals surface area contributed by atoms with Crippen molar-refractivity contribution < 1.29 is 4.74 Å². The van der Waals surface area contributed by atoms with Crippen LogP contribution in [0, 0.1) is 0 Å². The van der Waals surface area contributed by atoms with E-state index in [2.05, 4.69) is 17.4 Å². The molecule has 4 nitrogen and oxygen atoms in total. The molecule has 12 heavy (non-hydrogen) atoms. The van der Waals surface area contributed by atoms with E-state index < -0.39 is 0 Å². The summed E-state index contributed by atoms with van der Waals surface area (Å²) in [6.07, 6.45) is 2.23. The zero-order valence-corrected chi connectivity index (χ0v) is 7.49. The van der Waals surface area contributed by atoms with Gasteiger partial charge in [0.05, 0.1) is 13.2 Å². The fraction of sp³-hybridized carbons (Fsp3) is 1.00. The topological polar surface area (TPSA) is 50.5 Å². The number of nitrogens with zero attached hydrogens (tertiary/aromatic N) is 1. The van der Waals surface area contributed by atoms with Gasteiger partial charge in [-0.15, -0.1) is 0 Å². The Bertz CT molecular complexity index is 150. The number of likely N-dealkylation sites (N-methyl/N-ethyl adjacent to an activating group) is 1. The molecule has 0 amide bonds. The summed E-state index contributed by atoms with van der Waals surface area (Å²) in [6, 6.07) is 1.62. The molecule has 2 fully saturated rings. The maximum atomic E-state index is 5.49. The van der Waals surface area contributed by atoms with Crippen LogP contribution in [-0.2, 0) is 4.74 Å². The summed E-state index contributed by atoms with van der Waals surface area (Å²) in [6.45, 7) is 1.73. The standard InChI is InChI=1S/C8H17N3O/c1-11-7-2-6(10-9)3-8(11)5-12-4-7/h6-8,10H,2-5,9H2,1H3. The van der Waals surface area contributed by atoms with Crippen molar-refractivity contribution >= 4 is 0 Å². The van der Waals surface area contributed by atoms with Crippen LogP contribution in [0.1, 0.15) is 12.8 Å². The molecular weight excluding hydrogens is 154 g/mol. The van der Waals surface area contributed by atoms with Crippen molar-refractivity contribution in [1.29, 1.82) is 0 Å². The molecule has 3 N–H and O–H groups in total. The molecule has 0 radical (unpaired) electrons. The summed E-state index contributed by atoms with van der Waals surface area (Å²) < 4.78 is 5.49. The fourth-order valence-electron chi connectivity index (χ4n) is 2.23. The number of hydrazine groups is 1. The third kappa shape index (κ3) is 1.35. The first-order chi connectivity index (χ1) is 5.81. The van der Waals surface area contributed by atoms with Crippen LogP contribution in [0.15, 0.2) is 0 Å². The number of hydrogen-bond acceptors (Lipinski definition) is 4. The van der Waals surface area contributed by atoms with Gasteiger partial charge in [0.15, 0.2) is 0 Å². The average Bonchev–Trinajstić information content (AvgIpc) is 2.04. The van der Waals surface area contributed by atoms with Gasteiger partial charge in [-0.05, 0) is 19.9 Å². The van der Waals surface area contributed by atoms with Crippen molar-refractivity contribution in [2.24, 2.45) is 5.84 Å². The third-order valence-electron chi connectivity index (χ3n) is 3.12. The lowest BCUT2D eigenvalue weighted by molar-refractivity contribution is -0.0678. The van der Waals surface area contributed by atoms with Gasteiger partial charge in [0.2, 0.25) is 0 Å². The lowest BCUT2D eigenvalue weighted by atomic mass is 9.91. The molecule has 0 aromatic heterocycles. The van der Waals surface area contributed by atoms with Crippen LogP contribution in [-0.4, -0.2) is 43.3 Å². The first-order valence-electron chi connectivity index (χ1n) is 4.57. The quantitative estimate of drug-likeness (QED) is 0.405. The lowest BCUT2D eigenvalue weighted by Crippen LogP contribution is -2.59. The highest BCUT2D eigenvalue weighted by Gasteiger charge is 2.36. The Morgan fingerprint density at radius 1 is 1.33 bits per heavy atom. The fourth-order valence-corrected chi connectivity index (χ4v) is 2.23. The summed E-state index contributed by atoms with van der Waals surface area (Å²) >= 11 is 0. The number of hydrogen-bond donors (Lipinski definition) is 2. The van der Waals surface area contributed by atoms with E-state index in [4.69, 9.17) is 10.6 Å². The maximum absolute atomic E-state index is 5.49. The van der Waals surface area contributed by atoms with E-state index >= 15 is 0 Å². The molecule has 2 saturated heterocycles. The second-order valence-electron chi connectivity index (χ2n) is 3.85. The molecule has 0 aromatic rings. The largest absolute Gasteiger partial charge is 0.378 e. The van der Waals surface area contributed by atoms with Crippen LogP contribution in [0.3, 0.4) is 0 Å². The minimum Gasteiger partial charge on any atom is -0.378 e. The highest BCUT2D eigenvalue weighted by Crippen LogP contribution is 2.25. The maximum Gasteiger partial charge on any atom is 0.0623 e. The number of fused-ring (bicyclic) bond motifs is 2. The monoisotopic (exact) mass is 171 g/mol. The summed E-state index contributed by atoms with van der Waals surface area (Å²) in [4.78, 5) is 2.43. The van der Waals surface area contributed by atoms with Gasteiger partial charge in [0.1, 0.15) is 0 Å². The Balaban J connectivity index is 2.02. The van der Waals surface area contributed by atoms with Gasteiger partial charge in [0, 0.05) is 18.1 Å². The van der Waals surface area contributed by atoms with Crippen molar-refractivity contribution in [3.05, 3.63) is 0 Å². The van der Waals surface area contributed by atoms with Crippen molar-refractivity contribution in [3.63, 3.8) is 0 Å². The molecular formula is C8H17N3O. The molecule has 2 aliphatic rings. The van der Waals surface area contributed by atoms with E-state index in [1.165, 1.54) is 0 Å². The summed E-state index contributed by atoms with van der Waals surface area (Å²) in [5, 5.41) is 0. The number of morpholine rings is 1. The molecule has 4 heteroatoms. The van der Waals surface area contributed by atoms with E-state index in [0.717, 1.165) is 26.1 Å². The third-order valence-corrected chi connectivity index (χ3v) is 3.12. The Hall–Kier alpha value is -0.160. The molecule has 2 atom stereocenters. The minimum atomic E-state index is 0.486. The van der Waals surface area contributed by atoms with E-state index in [-0.39, 0.29) is 0 Å². The van der Waals surface area contributed by atoms with Gasteiger partial charge in [-0.1, -0.05) is 0 Å². The molecule has 2 aliphatic heterocycles. The first-order valence-corrected chi connectivity index (χ1v) is 4.57. The number of ether oxygens (including phenoxy) is 1.